The maximum atomic E-state index is 11.8. The Balaban J connectivity index is 1.83. The number of aromatic hydroxyl groups is 2. The third-order valence-electron chi connectivity index (χ3n) is 2.95. The van der Waals surface area contributed by atoms with E-state index in [0.29, 0.717) is 0 Å². The third kappa shape index (κ3) is 4.44. The van der Waals surface area contributed by atoms with Gasteiger partial charge in [0, 0.05) is 12.3 Å². The number of hydrogen-bond donors (Lipinski definition) is 4. The van der Waals surface area contributed by atoms with E-state index in [1.165, 1.54) is 36.5 Å². The number of para-hydroxylation sites is 2. The minimum Gasteiger partial charge on any atom is -0.507 e. The van der Waals surface area contributed by atoms with E-state index in [4.69, 9.17) is 0 Å². The molecule has 0 radical (unpaired) electrons. The molecule has 0 aromatic heterocycles. The van der Waals surface area contributed by atoms with Gasteiger partial charge in [0.1, 0.15) is 17.8 Å². The molecule has 7 nitrogen and oxygen atoms in total. The Morgan fingerprint density at radius 3 is 2.12 bits per heavy atom. The second-order valence-corrected chi connectivity index (χ2v) is 4.59. The second-order valence-electron chi connectivity index (χ2n) is 4.59. The zero-order valence-corrected chi connectivity index (χ0v) is 12.5. The van der Waals surface area contributed by atoms with Crippen molar-refractivity contribution in [1.29, 1.82) is 0 Å². The molecule has 0 saturated heterocycles. The SMILES string of the molecule is O=C(/C=C/N=CNNC(=O)c1ccccc1O)c1ccccc1O. The first-order chi connectivity index (χ1) is 11.6. The molecule has 0 aliphatic heterocycles. The summed E-state index contributed by atoms with van der Waals surface area (Å²) in [5, 5.41) is 19.1. The number of aliphatic imine (C=N–C) groups is 1. The van der Waals surface area contributed by atoms with Crippen molar-refractivity contribution in [2.45, 2.75) is 0 Å². The highest BCUT2D eigenvalue weighted by molar-refractivity contribution is 6.06. The predicted octanol–water partition coefficient (Wildman–Crippen LogP) is 1.76. The van der Waals surface area contributed by atoms with Crippen LogP contribution >= 0.6 is 0 Å². The number of benzene rings is 2. The van der Waals surface area contributed by atoms with Crippen LogP contribution in [0.5, 0.6) is 11.5 Å². The van der Waals surface area contributed by atoms with Crippen molar-refractivity contribution in [2.75, 3.05) is 0 Å². The summed E-state index contributed by atoms with van der Waals surface area (Å²) in [6.07, 6.45) is 3.55. The Bertz CT molecular complexity index is 800. The number of nitrogens with zero attached hydrogens (tertiary/aromatic N) is 1. The number of carbonyl (C=O) groups excluding carboxylic acids is 2. The minimum atomic E-state index is -0.534. The lowest BCUT2D eigenvalue weighted by Crippen LogP contribution is -2.36. The number of amides is 1. The molecule has 2 aromatic rings. The molecule has 1 amide bonds. The fourth-order valence-electron chi connectivity index (χ4n) is 1.79. The van der Waals surface area contributed by atoms with Gasteiger partial charge in [0.15, 0.2) is 5.78 Å². The van der Waals surface area contributed by atoms with Gasteiger partial charge in [-0.2, -0.15) is 0 Å². The first-order valence-electron chi connectivity index (χ1n) is 6.94. The molecule has 2 rings (SSSR count). The molecule has 4 N–H and O–H groups in total. The molecule has 0 heterocycles. The fraction of sp³-hybridized carbons (Fsp3) is 0. The summed E-state index contributed by atoms with van der Waals surface area (Å²) in [5.41, 5.74) is 5.02. The van der Waals surface area contributed by atoms with Crippen LogP contribution in [0.3, 0.4) is 0 Å². The Hall–Kier alpha value is -3.61. The molecule has 2 aromatic carbocycles. The van der Waals surface area contributed by atoms with Gasteiger partial charge in [0.25, 0.3) is 5.91 Å². The van der Waals surface area contributed by atoms with Crippen LogP contribution in [0.25, 0.3) is 0 Å². The molecule has 0 saturated carbocycles. The smallest absolute Gasteiger partial charge is 0.273 e. The highest BCUT2D eigenvalue weighted by atomic mass is 16.3. The highest BCUT2D eigenvalue weighted by Gasteiger charge is 2.08. The van der Waals surface area contributed by atoms with E-state index in [2.05, 4.69) is 15.8 Å². The molecule has 24 heavy (non-hydrogen) atoms. The average molecular weight is 325 g/mol. The van der Waals surface area contributed by atoms with Crippen LogP contribution in [0.4, 0.5) is 0 Å². The Labute approximate surface area is 138 Å². The lowest BCUT2D eigenvalue weighted by atomic mass is 10.1. The van der Waals surface area contributed by atoms with Crippen molar-refractivity contribution < 1.29 is 19.8 Å². The van der Waals surface area contributed by atoms with Gasteiger partial charge >= 0.3 is 0 Å². The van der Waals surface area contributed by atoms with E-state index in [1.54, 1.807) is 24.3 Å². The Morgan fingerprint density at radius 2 is 1.50 bits per heavy atom. The molecule has 0 atom stereocenters. The maximum absolute atomic E-state index is 11.8. The van der Waals surface area contributed by atoms with E-state index in [1.807, 2.05) is 0 Å². The van der Waals surface area contributed by atoms with Crippen LogP contribution < -0.4 is 10.9 Å². The Morgan fingerprint density at radius 1 is 0.917 bits per heavy atom. The van der Waals surface area contributed by atoms with Gasteiger partial charge in [-0.25, -0.2) is 4.99 Å². The van der Waals surface area contributed by atoms with Gasteiger partial charge in [-0.3, -0.25) is 20.4 Å². The van der Waals surface area contributed by atoms with Crippen LogP contribution in [0.2, 0.25) is 0 Å². The second kappa shape index (κ2) is 8.14. The molecular formula is C17H15N3O4. The molecule has 0 fully saturated rings. The summed E-state index contributed by atoms with van der Waals surface area (Å²) in [5.74, 6) is -1.18. The average Bonchev–Trinajstić information content (AvgIpc) is 2.58. The largest absolute Gasteiger partial charge is 0.507 e. The molecule has 122 valence electrons. The predicted molar refractivity (Wildman–Crippen MR) is 88.8 cm³/mol. The number of nitrogens with one attached hydrogen (secondary N) is 2. The molecule has 0 bridgehead atoms. The highest BCUT2D eigenvalue weighted by Crippen LogP contribution is 2.16. The normalized spacial score (nSPS) is 10.8. The van der Waals surface area contributed by atoms with Gasteiger partial charge in [-0.05, 0) is 24.3 Å². The van der Waals surface area contributed by atoms with E-state index >= 15 is 0 Å². The van der Waals surface area contributed by atoms with Gasteiger partial charge in [-0.15, -0.1) is 0 Å². The molecule has 0 spiro atoms. The van der Waals surface area contributed by atoms with E-state index in [0.717, 1.165) is 6.34 Å². The van der Waals surface area contributed by atoms with Gasteiger partial charge in [-0.1, -0.05) is 24.3 Å². The number of rotatable bonds is 6. The summed E-state index contributed by atoms with van der Waals surface area (Å²) in [6, 6.07) is 12.3. The zero-order valence-electron chi connectivity index (χ0n) is 12.5. The minimum absolute atomic E-state index is 0.107. The van der Waals surface area contributed by atoms with Gasteiger partial charge in [0.2, 0.25) is 0 Å². The standard InChI is InChI=1S/C17H15N3O4/c21-14-7-3-1-5-12(14)16(23)9-10-18-11-19-20-17(24)13-6-2-4-8-15(13)22/h1-11,21-22H,(H,18,19)(H,20,24)/b10-9+. The van der Waals surface area contributed by atoms with Crippen molar-refractivity contribution >= 4 is 18.0 Å². The topological polar surface area (TPSA) is 111 Å². The number of hydrazine groups is 1. The Kier molecular flexibility index (Phi) is 5.68. The van der Waals surface area contributed by atoms with Crippen molar-refractivity contribution in [3.8, 4) is 11.5 Å². The van der Waals surface area contributed by atoms with E-state index in [-0.39, 0.29) is 22.6 Å². The summed E-state index contributed by atoms with van der Waals surface area (Å²) in [7, 11) is 0. The summed E-state index contributed by atoms with van der Waals surface area (Å²) in [4.78, 5) is 27.3. The van der Waals surface area contributed by atoms with Gasteiger partial charge in [0.05, 0.1) is 11.1 Å². The third-order valence-corrected chi connectivity index (χ3v) is 2.95. The summed E-state index contributed by atoms with van der Waals surface area (Å²) >= 11 is 0. The van der Waals surface area contributed by atoms with Crippen LogP contribution in [0.15, 0.2) is 65.8 Å². The molecular weight excluding hydrogens is 310 g/mol. The van der Waals surface area contributed by atoms with Crippen molar-refractivity contribution in [1.82, 2.24) is 10.9 Å². The number of allylic oxidation sites excluding steroid dienone is 1. The van der Waals surface area contributed by atoms with Crippen molar-refractivity contribution in [3.05, 3.63) is 71.9 Å². The first-order valence-corrected chi connectivity index (χ1v) is 6.94. The lowest BCUT2D eigenvalue weighted by molar-refractivity contribution is 0.0941. The first kappa shape index (κ1) is 16.8. The lowest BCUT2D eigenvalue weighted by Gasteiger charge is -2.04. The van der Waals surface area contributed by atoms with Crippen LogP contribution in [-0.2, 0) is 0 Å². The van der Waals surface area contributed by atoms with Gasteiger partial charge < -0.3 is 10.2 Å². The number of hydrogen-bond acceptors (Lipinski definition) is 5. The summed E-state index contributed by atoms with van der Waals surface area (Å²) in [6.45, 7) is 0. The zero-order chi connectivity index (χ0) is 17.4. The van der Waals surface area contributed by atoms with Crippen molar-refractivity contribution in [3.63, 3.8) is 0 Å². The summed E-state index contributed by atoms with van der Waals surface area (Å²) < 4.78 is 0. The molecule has 7 heteroatoms. The van der Waals surface area contributed by atoms with Crippen molar-refractivity contribution in [2.24, 2.45) is 4.99 Å². The molecule has 0 aliphatic carbocycles. The van der Waals surface area contributed by atoms with Crippen LogP contribution in [0, 0.1) is 0 Å². The quantitative estimate of drug-likeness (QED) is 0.213. The number of carbonyl (C=O) groups is 2. The molecule has 0 unspecified atom stereocenters. The van der Waals surface area contributed by atoms with E-state index in [9.17, 15) is 19.8 Å². The van der Waals surface area contributed by atoms with E-state index < -0.39 is 11.7 Å². The number of ketones is 1. The monoisotopic (exact) mass is 325 g/mol. The number of phenolic OH excluding ortho intramolecular Hbond substituents is 2. The van der Waals surface area contributed by atoms with Crippen LogP contribution in [0.1, 0.15) is 20.7 Å². The molecule has 0 aliphatic rings. The maximum Gasteiger partial charge on any atom is 0.273 e. The van der Waals surface area contributed by atoms with Crippen LogP contribution in [-0.4, -0.2) is 28.2 Å². The number of phenols is 2. The fourth-order valence-corrected chi connectivity index (χ4v) is 1.79.